The molecule has 0 bridgehead atoms. The van der Waals surface area contributed by atoms with Gasteiger partial charge in [-0.25, -0.2) is 8.42 Å². The van der Waals surface area contributed by atoms with Crippen molar-refractivity contribution in [3.63, 3.8) is 0 Å². The summed E-state index contributed by atoms with van der Waals surface area (Å²) < 4.78 is 29.5. The van der Waals surface area contributed by atoms with E-state index in [1.54, 1.807) is 19.2 Å². The third-order valence-electron chi connectivity index (χ3n) is 5.21. The Morgan fingerprint density at radius 2 is 1.93 bits per heavy atom. The SMILES string of the molecule is COc1ccc(CN2C(=NC(=O)Cc3ccccc3Cl)S[C@H]3CS(=O)(=O)C[C@H]32)cc1. The molecule has 0 spiro atoms. The van der Waals surface area contributed by atoms with Gasteiger partial charge in [-0.1, -0.05) is 53.7 Å². The number of aliphatic imine (C=N–C) groups is 1. The molecule has 2 aromatic rings. The number of halogens is 1. The molecule has 2 aromatic carbocycles. The second-order valence-electron chi connectivity index (χ2n) is 7.33. The van der Waals surface area contributed by atoms with Crippen molar-refractivity contribution in [3.05, 3.63) is 64.7 Å². The highest BCUT2D eigenvalue weighted by molar-refractivity contribution is 8.15. The molecule has 2 saturated heterocycles. The molecule has 1 amide bonds. The van der Waals surface area contributed by atoms with E-state index >= 15 is 0 Å². The first-order valence-electron chi connectivity index (χ1n) is 9.46. The number of amides is 1. The van der Waals surface area contributed by atoms with Gasteiger partial charge in [0.15, 0.2) is 15.0 Å². The first-order chi connectivity index (χ1) is 14.3. The number of benzene rings is 2. The number of methoxy groups -OCH3 is 1. The van der Waals surface area contributed by atoms with Gasteiger partial charge in [-0.2, -0.15) is 4.99 Å². The fourth-order valence-electron chi connectivity index (χ4n) is 3.70. The molecule has 2 heterocycles. The molecule has 2 fully saturated rings. The Morgan fingerprint density at radius 3 is 2.63 bits per heavy atom. The van der Waals surface area contributed by atoms with Gasteiger partial charge < -0.3 is 9.64 Å². The molecule has 2 atom stereocenters. The van der Waals surface area contributed by atoms with Crippen molar-refractivity contribution < 1.29 is 17.9 Å². The lowest BCUT2D eigenvalue weighted by atomic mass is 10.1. The Morgan fingerprint density at radius 1 is 1.20 bits per heavy atom. The molecule has 0 N–H and O–H groups in total. The van der Waals surface area contributed by atoms with Crippen LogP contribution in [0.3, 0.4) is 0 Å². The molecular formula is C21H21ClN2O4S2. The average Bonchev–Trinajstić information content (AvgIpc) is 3.16. The fourth-order valence-corrected chi connectivity index (χ4v) is 7.87. The van der Waals surface area contributed by atoms with Crippen LogP contribution in [0.25, 0.3) is 0 Å². The van der Waals surface area contributed by atoms with Gasteiger partial charge in [-0.15, -0.1) is 0 Å². The van der Waals surface area contributed by atoms with E-state index in [4.69, 9.17) is 16.3 Å². The quantitative estimate of drug-likeness (QED) is 0.676. The molecule has 0 unspecified atom stereocenters. The predicted molar refractivity (Wildman–Crippen MR) is 120 cm³/mol. The van der Waals surface area contributed by atoms with Gasteiger partial charge in [0.05, 0.1) is 31.1 Å². The zero-order valence-electron chi connectivity index (χ0n) is 16.3. The van der Waals surface area contributed by atoms with E-state index in [0.29, 0.717) is 16.7 Å². The van der Waals surface area contributed by atoms with E-state index in [1.807, 2.05) is 41.3 Å². The molecular weight excluding hydrogens is 444 g/mol. The van der Waals surface area contributed by atoms with Crippen LogP contribution in [-0.4, -0.2) is 54.3 Å². The Balaban J connectivity index is 1.57. The second kappa shape index (κ2) is 8.61. The van der Waals surface area contributed by atoms with Crippen LogP contribution in [0.1, 0.15) is 11.1 Å². The van der Waals surface area contributed by atoms with Crippen LogP contribution in [-0.2, 0) is 27.6 Å². The van der Waals surface area contributed by atoms with Gasteiger partial charge in [-0.05, 0) is 29.3 Å². The van der Waals surface area contributed by atoms with Crippen molar-refractivity contribution in [2.75, 3.05) is 18.6 Å². The van der Waals surface area contributed by atoms with E-state index in [2.05, 4.69) is 4.99 Å². The predicted octanol–water partition coefficient (Wildman–Crippen LogP) is 3.19. The first-order valence-corrected chi connectivity index (χ1v) is 12.5. The lowest BCUT2D eigenvalue weighted by Crippen LogP contribution is -2.37. The topological polar surface area (TPSA) is 76.0 Å². The van der Waals surface area contributed by atoms with Gasteiger partial charge in [0.1, 0.15) is 5.75 Å². The zero-order chi connectivity index (χ0) is 21.3. The number of rotatable bonds is 5. The molecule has 30 heavy (non-hydrogen) atoms. The number of thioether (sulfide) groups is 1. The Bertz CT molecular complexity index is 1090. The van der Waals surface area contributed by atoms with Gasteiger partial charge in [0.25, 0.3) is 5.91 Å². The van der Waals surface area contributed by atoms with Crippen molar-refractivity contribution >= 4 is 44.3 Å². The highest BCUT2D eigenvalue weighted by atomic mass is 35.5. The summed E-state index contributed by atoms with van der Waals surface area (Å²) in [5.74, 6) is 0.644. The van der Waals surface area contributed by atoms with E-state index in [0.717, 1.165) is 16.9 Å². The standard InChI is InChI=1S/C21H21ClN2O4S2/c1-28-16-8-6-14(7-9-16)11-24-18-12-30(26,27)13-19(18)29-21(24)23-20(25)10-15-4-2-3-5-17(15)22/h2-9,18-19H,10-13H2,1H3/t18-,19+/m1/s1. The minimum atomic E-state index is -3.09. The number of amidine groups is 1. The summed E-state index contributed by atoms with van der Waals surface area (Å²) in [5, 5.41) is 0.996. The number of fused-ring (bicyclic) bond motifs is 1. The first kappa shape index (κ1) is 21.2. The van der Waals surface area contributed by atoms with E-state index in [1.165, 1.54) is 11.8 Å². The maximum Gasteiger partial charge on any atom is 0.252 e. The van der Waals surface area contributed by atoms with Crippen molar-refractivity contribution in [2.24, 2.45) is 4.99 Å². The third kappa shape index (κ3) is 4.66. The lowest BCUT2D eigenvalue weighted by Gasteiger charge is -2.24. The third-order valence-corrected chi connectivity index (χ3v) is 8.82. The van der Waals surface area contributed by atoms with Gasteiger partial charge in [0, 0.05) is 16.8 Å². The van der Waals surface area contributed by atoms with E-state index < -0.39 is 9.84 Å². The number of carbonyl (C=O) groups is 1. The Hall–Kier alpha value is -2.03. The van der Waals surface area contributed by atoms with Crippen LogP contribution in [0.4, 0.5) is 0 Å². The van der Waals surface area contributed by atoms with Crippen LogP contribution in [0.2, 0.25) is 5.02 Å². The normalized spacial score (nSPS) is 23.5. The maximum atomic E-state index is 12.6. The summed E-state index contributed by atoms with van der Waals surface area (Å²) in [6, 6.07) is 14.6. The van der Waals surface area contributed by atoms with Crippen LogP contribution >= 0.6 is 23.4 Å². The smallest absolute Gasteiger partial charge is 0.252 e. The Kier molecular flexibility index (Phi) is 6.09. The summed E-state index contributed by atoms with van der Waals surface area (Å²) in [4.78, 5) is 18.9. The number of hydrogen-bond donors (Lipinski definition) is 0. The van der Waals surface area contributed by atoms with Crippen LogP contribution < -0.4 is 4.74 Å². The molecule has 0 radical (unpaired) electrons. The second-order valence-corrected chi connectivity index (χ2v) is 11.1. The van der Waals surface area contributed by atoms with E-state index in [-0.39, 0.29) is 35.1 Å². The number of sulfone groups is 1. The molecule has 0 aromatic heterocycles. The fraction of sp³-hybridized carbons (Fsp3) is 0.333. The summed E-state index contributed by atoms with van der Waals surface area (Å²) in [6.45, 7) is 0.478. The van der Waals surface area contributed by atoms with Crippen LogP contribution in [0.5, 0.6) is 5.75 Å². The molecule has 158 valence electrons. The number of nitrogens with zero attached hydrogens (tertiary/aromatic N) is 2. The van der Waals surface area contributed by atoms with Crippen LogP contribution in [0, 0.1) is 0 Å². The summed E-state index contributed by atoms with van der Waals surface area (Å²) >= 11 is 7.54. The minimum absolute atomic E-state index is 0.0819. The van der Waals surface area contributed by atoms with Crippen LogP contribution in [0.15, 0.2) is 53.5 Å². The maximum absolute atomic E-state index is 12.6. The van der Waals surface area contributed by atoms with Gasteiger partial charge in [-0.3, -0.25) is 4.79 Å². The van der Waals surface area contributed by atoms with Crippen molar-refractivity contribution in [1.82, 2.24) is 4.90 Å². The molecule has 9 heteroatoms. The highest BCUT2D eigenvalue weighted by Crippen LogP contribution is 2.39. The largest absolute Gasteiger partial charge is 0.497 e. The summed E-state index contributed by atoms with van der Waals surface area (Å²) in [5.41, 5.74) is 1.72. The molecule has 0 aliphatic carbocycles. The van der Waals surface area contributed by atoms with Gasteiger partial charge >= 0.3 is 0 Å². The number of ether oxygens (including phenoxy) is 1. The average molecular weight is 465 g/mol. The molecule has 0 saturated carbocycles. The van der Waals surface area contributed by atoms with Crippen molar-refractivity contribution in [1.29, 1.82) is 0 Å². The lowest BCUT2D eigenvalue weighted by molar-refractivity contribution is -0.117. The molecule has 4 rings (SSSR count). The highest BCUT2D eigenvalue weighted by Gasteiger charge is 2.48. The summed E-state index contributed by atoms with van der Waals surface area (Å²) in [7, 11) is -1.48. The van der Waals surface area contributed by atoms with E-state index in [9.17, 15) is 13.2 Å². The number of hydrogen-bond acceptors (Lipinski definition) is 5. The molecule has 2 aliphatic heterocycles. The zero-order valence-corrected chi connectivity index (χ0v) is 18.7. The van der Waals surface area contributed by atoms with Gasteiger partial charge in [0.2, 0.25) is 0 Å². The molecule has 6 nitrogen and oxygen atoms in total. The van der Waals surface area contributed by atoms with Crippen molar-refractivity contribution in [3.8, 4) is 5.75 Å². The minimum Gasteiger partial charge on any atom is -0.497 e. The monoisotopic (exact) mass is 464 g/mol. The summed E-state index contributed by atoms with van der Waals surface area (Å²) in [6.07, 6.45) is 0.105. The number of carbonyl (C=O) groups excluding carboxylic acids is 1. The Labute approximate surface area is 185 Å². The van der Waals surface area contributed by atoms with Crippen molar-refractivity contribution in [2.45, 2.75) is 24.3 Å². The molecule has 2 aliphatic rings.